The van der Waals surface area contributed by atoms with Gasteiger partial charge in [-0.1, -0.05) is 18.2 Å². The van der Waals surface area contributed by atoms with E-state index in [9.17, 15) is 0 Å². The van der Waals surface area contributed by atoms with Gasteiger partial charge in [-0.3, -0.25) is 0 Å². The average molecular weight is 295 g/mol. The van der Waals surface area contributed by atoms with Crippen LogP contribution in [0.4, 0.5) is 5.69 Å². The summed E-state index contributed by atoms with van der Waals surface area (Å²) in [5, 5.41) is 12.0. The van der Waals surface area contributed by atoms with E-state index in [4.69, 9.17) is 10.5 Å². The predicted octanol–water partition coefficient (Wildman–Crippen LogP) is 2.54. The lowest BCUT2D eigenvalue weighted by Crippen LogP contribution is -2.03. The van der Waals surface area contributed by atoms with Gasteiger partial charge in [0.25, 0.3) is 0 Å². The lowest BCUT2D eigenvalue weighted by molar-refractivity contribution is 0.411. The normalized spacial score (nSPS) is 10.7. The third-order valence-corrected chi connectivity index (χ3v) is 3.57. The Bertz CT molecular complexity index is 825. The van der Waals surface area contributed by atoms with Crippen LogP contribution in [-0.4, -0.2) is 27.3 Å². The molecule has 2 aromatic carbocycles. The Balaban J connectivity index is 2.17. The minimum Gasteiger partial charge on any atom is -0.494 e. The molecule has 3 aromatic rings. The summed E-state index contributed by atoms with van der Waals surface area (Å²) in [5.41, 5.74) is 10.5. The summed E-state index contributed by atoms with van der Waals surface area (Å²) < 4.78 is 7.08. The average Bonchev–Trinajstić information content (AvgIpc) is 2.99. The third kappa shape index (κ3) is 2.39. The smallest absolute Gasteiger partial charge is 0.187 e. The summed E-state index contributed by atoms with van der Waals surface area (Å²) in [4.78, 5) is 0. The molecule has 0 aliphatic rings. The van der Waals surface area contributed by atoms with Gasteiger partial charge in [0.2, 0.25) is 0 Å². The molecule has 2 N–H and O–H groups in total. The summed E-state index contributed by atoms with van der Waals surface area (Å²) in [6.45, 7) is 3.97. The van der Waals surface area contributed by atoms with Crippen molar-refractivity contribution in [2.75, 3.05) is 12.8 Å². The van der Waals surface area contributed by atoms with E-state index in [1.54, 1.807) is 11.8 Å². The van der Waals surface area contributed by atoms with Crippen molar-refractivity contribution in [1.82, 2.24) is 20.2 Å². The Labute approximate surface area is 128 Å². The zero-order valence-electron chi connectivity index (χ0n) is 12.7. The Morgan fingerprint density at radius 1 is 1.09 bits per heavy atom. The molecule has 6 heteroatoms. The van der Waals surface area contributed by atoms with Gasteiger partial charge in [-0.15, -0.1) is 5.10 Å². The fraction of sp³-hybridized carbons (Fsp3) is 0.188. The molecule has 1 aromatic heterocycles. The van der Waals surface area contributed by atoms with Gasteiger partial charge < -0.3 is 10.5 Å². The highest BCUT2D eigenvalue weighted by atomic mass is 16.5. The number of tetrazole rings is 1. The minimum absolute atomic E-state index is 0.621. The molecule has 6 nitrogen and oxygen atoms in total. The zero-order chi connectivity index (χ0) is 15.7. The minimum atomic E-state index is 0.621. The molecule has 0 aliphatic heterocycles. The number of ether oxygens (including phenoxy) is 1. The largest absolute Gasteiger partial charge is 0.494 e. The van der Waals surface area contributed by atoms with Crippen LogP contribution in [-0.2, 0) is 0 Å². The van der Waals surface area contributed by atoms with E-state index in [0.717, 1.165) is 22.4 Å². The van der Waals surface area contributed by atoms with Gasteiger partial charge in [-0.2, -0.15) is 4.68 Å². The maximum absolute atomic E-state index is 5.99. The van der Waals surface area contributed by atoms with E-state index in [0.29, 0.717) is 17.3 Å². The molecule has 0 bridgehead atoms. The van der Waals surface area contributed by atoms with Crippen LogP contribution in [0.15, 0.2) is 36.4 Å². The Hall–Kier alpha value is -2.89. The Morgan fingerprint density at radius 2 is 1.91 bits per heavy atom. The number of nitrogens with zero attached hydrogens (tertiary/aromatic N) is 4. The molecule has 0 amide bonds. The fourth-order valence-corrected chi connectivity index (χ4v) is 2.27. The van der Waals surface area contributed by atoms with Crippen LogP contribution in [0.2, 0.25) is 0 Å². The Kier molecular flexibility index (Phi) is 3.50. The first-order valence-corrected chi connectivity index (χ1v) is 6.90. The second kappa shape index (κ2) is 5.48. The number of aryl methyl sites for hydroxylation is 2. The summed E-state index contributed by atoms with van der Waals surface area (Å²) in [6.07, 6.45) is 0. The molecule has 0 saturated heterocycles. The number of rotatable bonds is 3. The molecule has 112 valence electrons. The van der Waals surface area contributed by atoms with Gasteiger partial charge >= 0.3 is 0 Å². The van der Waals surface area contributed by atoms with Crippen molar-refractivity contribution in [3.63, 3.8) is 0 Å². The molecule has 0 saturated carbocycles. The van der Waals surface area contributed by atoms with E-state index in [1.165, 1.54) is 0 Å². The number of benzene rings is 2. The fourth-order valence-electron chi connectivity index (χ4n) is 2.27. The van der Waals surface area contributed by atoms with Crippen LogP contribution in [0.1, 0.15) is 11.1 Å². The number of nitrogen functional groups attached to an aromatic ring is 1. The van der Waals surface area contributed by atoms with E-state index < -0.39 is 0 Å². The maximum Gasteiger partial charge on any atom is 0.187 e. The van der Waals surface area contributed by atoms with Crippen molar-refractivity contribution in [2.24, 2.45) is 0 Å². The number of hydrogen-bond donors (Lipinski definition) is 1. The van der Waals surface area contributed by atoms with Gasteiger partial charge in [-0.05, 0) is 53.6 Å². The van der Waals surface area contributed by atoms with Crippen LogP contribution < -0.4 is 10.5 Å². The monoisotopic (exact) mass is 295 g/mol. The number of hydrogen-bond acceptors (Lipinski definition) is 5. The van der Waals surface area contributed by atoms with E-state index in [2.05, 4.69) is 15.5 Å². The van der Waals surface area contributed by atoms with Gasteiger partial charge in [0.15, 0.2) is 5.82 Å². The number of anilines is 1. The highest BCUT2D eigenvalue weighted by molar-refractivity contribution is 5.65. The molecule has 0 radical (unpaired) electrons. The van der Waals surface area contributed by atoms with Gasteiger partial charge in [0.05, 0.1) is 7.11 Å². The molecule has 0 fully saturated rings. The second-order valence-electron chi connectivity index (χ2n) is 5.16. The summed E-state index contributed by atoms with van der Waals surface area (Å²) in [5.74, 6) is 1.33. The highest BCUT2D eigenvalue weighted by Crippen LogP contribution is 2.28. The van der Waals surface area contributed by atoms with Crippen molar-refractivity contribution in [3.8, 4) is 22.8 Å². The number of aromatic nitrogens is 4. The van der Waals surface area contributed by atoms with Crippen LogP contribution in [0.25, 0.3) is 17.1 Å². The molecular formula is C16H17N5O. The maximum atomic E-state index is 5.99. The first-order chi connectivity index (χ1) is 10.6. The third-order valence-electron chi connectivity index (χ3n) is 3.57. The molecule has 0 unspecified atom stereocenters. The van der Waals surface area contributed by atoms with Crippen molar-refractivity contribution in [1.29, 1.82) is 0 Å². The SMILES string of the molecule is COc1ccc(C)cc1-n1nnnc1-c1ccc(C)c(N)c1. The van der Waals surface area contributed by atoms with Gasteiger partial charge in [0.1, 0.15) is 11.4 Å². The topological polar surface area (TPSA) is 78.8 Å². The molecule has 0 spiro atoms. The highest BCUT2D eigenvalue weighted by Gasteiger charge is 2.15. The van der Waals surface area contributed by atoms with Crippen molar-refractivity contribution >= 4 is 5.69 Å². The molecule has 1 heterocycles. The number of methoxy groups -OCH3 is 1. The summed E-state index contributed by atoms with van der Waals surface area (Å²) >= 11 is 0. The van der Waals surface area contributed by atoms with E-state index in [1.807, 2.05) is 50.2 Å². The lowest BCUT2D eigenvalue weighted by atomic mass is 10.1. The Morgan fingerprint density at radius 3 is 2.64 bits per heavy atom. The molecule has 3 rings (SSSR count). The lowest BCUT2D eigenvalue weighted by Gasteiger charge is -2.11. The number of nitrogens with two attached hydrogens (primary N) is 1. The van der Waals surface area contributed by atoms with E-state index >= 15 is 0 Å². The van der Waals surface area contributed by atoms with Crippen LogP contribution >= 0.6 is 0 Å². The summed E-state index contributed by atoms with van der Waals surface area (Å²) in [7, 11) is 1.63. The van der Waals surface area contributed by atoms with Gasteiger partial charge in [0, 0.05) is 11.3 Å². The van der Waals surface area contributed by atoms with Crippen molar-refractivity contribution in [2.45, 2.75) is 13.8 Å². The van der Waals surface area contributed by atoms with Crippen molar-refractivity contribution in [3.05, 3.63) is 47.5 Å². The molecule has 0 aliphatic carbocycles. The van der Waals surface area contributed by atoms with E-state index in [-0.39, 0.29) is 0 Å². The summed E-state index contributed by atoms with van der Waals surface area (Å²) in [6, 6.07) is 11.7. The zero-order valence-corrected chi connectivity index (χ0v) is 12.7. The quantitative estimate of drug-likeness (QED) is 0.751. The van der Waals surface area contributed by atoms with Crippen LogP contribution in [0.5, 0.6) is 5.75 Å². The second-order valence-corrected chi connectivity index (χ2v) is 5.16. The first kappa shape index (κ1) is 14.1. The van der Waals surface area contributed by atoms with Crippen molar-refractivity contribution < 1.29 is 4.74 Å². The predicted molar refractivity (Wildman–Crippen MR) is 85.0 cm³/mol. The first-order valence-electron chi connectivity index (χ1n) is 6.90. The van der Waals surface area contributed by atoms with Gasteiger partial charge in [-0.25, -0.2) is 0 Å². The molecule has 22 heavy (non-hydrogen) atoms. The molecule has 0 atom stereocenters. The molecular weight excluding hydrogens is 278 g/mol. The van der Waals surface area contributed by atoms with Crippen LogP contribution in [0, 0.1) is 13.8 Å². The standard InChI is InChI=1S/C16H17N5O/c1-10-4-7-15(22-3)14(8-10)21-16(18-19-20-21)12-6-5-11(2)13(17)9-12/h4-9H,17H2,1-3H3. The van der Waals surface area contributed by atoms with Crippen LogP contribution in [0.3, 0.4) is 0 Å².